The lowest BCUT2D eigenvalue weighted by molar-refractivity contribution is 0.412. The van der Waals surface area contributed by atoms with Crippen molar-refractivity contribution in [2.24, 2.45) is 0 Å². The van der Waals surface area contributed by atoms with Gasteiger partial charge in [-0.3, -0.25) is 5.32 Å². The molecular weight excluding hydrogens is 268 g/mol. The molecule has 2 rings (SSSR count). The van der Waals surface area contributed by atoms with Crippen molar-refractivity contribution in [3.63, 3.8) is 0 Å². The molecule has 0 saturated heterocycles. The van der Waals surface area contributed by atoms with Crippen LogP contribution in [0.4, 0.5) is 0 Å². The molecule has 1 unspecified atom stereocenters. The fourth-order valence-electron chi connectivity index (χ4n) is 1.56. The molecule has 1 N–H and O–H groups in total. The van der Waals surface area contributed by atoms with Crippen LogP contribution in [0.25, 0.3) is 0 Å². The van der Waals surface area contributed by atoms with E-state index in [-0.39, 0.29) is 6.04 Å². The van der Waals surface area contributed by atoms with Gasteiger partial charge in [-0.15, -0.1) is 0 Å². The van der Waals surface area contributed by atoms with Gasteiger partial charge in [-0.25, -0.2) is 0 Å². The van der Waals surface area contributed by atoms with Gasteiger partial charge in [0.25, 0.3) is 0 Å². The minimum absolute atomic E-state index is 0.227. The molecule has 1 aliphatic carbocycles. The molecule has 0 heterocycles. The van der Waals surface area contributed by atoms with Gasteiger partial charge in [0.15, 0.2) is 0 Å². The highest BCUT2D eigenvalue weighted by atomic mass is 79.9. The van der Waals surface area contributed by atoms with Gasteiger partial charge in [0.1, 0.15) is 11.8 Å². The predicted octanol–water partition coefficient (Wildman–Crippen LogP) is 2.77. The summed E-state index contributed by atoms with van der Waals surface area (Å²) < 4.78 is 6.04. The summed E-state index contributed by atoms with van der Waals surface area (Å²) >= 11 is 3.42. The number of halogens is 1. The zero-order valence-electron chi connectivity index (χ0n) is 9.03. The topological polar surface area (TPSA) is 45.0 Å². The number of nitrogens with zero attached hydrogens (tertiary/aromatic N) is 1. The third kappa shape index (κ3) is 2.55. The number of nitriles is 1. The Morgan fingerprint density at radius 3 is 2.81 bits per heavy atom. The van der Waals surface area contributed by atoms with Crippen LogP contribution < -0.4 is 10.1 Å². The van der Waals surface area contributed by atoms with E-state index in [1.54, 1.807) is 7.11 Å². The van der Waals surface area contributed by atoms with Gasteiger partial charge >= 0.3 is 0 Å². The average Bonchev–Trinajstić information content (AvgIpc) is 3.09. The number of rotatable bonds is 4. The van der Waals surface area contributed by atoms with Crippen LogP contribution in [0.2, 0.25) is 0 Å². The zero-order valence-corrected chi connectivity index (χ0v) is 10.6. The lowest BCUT2D eigenvalue weighted by atomic mass is 10.1. The Bertz CT molecular complexity index is 424. The number of hydrogen-bond donors (Lipinski definition) is 1. The molecule has 4 heteroatoms. The Hall–Kier alpha value is -1.05. The van der Waals surface area contributed by atoms with Crippen LogP contribution in [-0.2, 0) is 0 Å². The third-order valence-corrected chi connectivity index (χ3v) is 3.24. The highest BCUT2D eigenvalue weighted by Crippen LogP contribution is 2.29. The number of ether oxygens (including phenoxy) is 1. The van der Waals surface area contributed by atoms with E-state index in [2.05, 4.69) is 27.3 Å². The molecule has 1 aliphatic rings. The monoisotopic (exact) mass is 280 g/mol. The van der Waals surface area contributed by atoms with E-state index < -0.39 is 0 Å². The summed E-state index contributed by atoms with van der Waals surface area (Å²) in [5.41, 5.74) is 0.974. The standard InChI is InChI=1S/C12H13BrN2O/c1-16-12-5-2-8(6-10(12)13)11(7-14)15-9-3-4-9/h2,5-6,9,11,15H,3-4H2,1H3. The van der Waals surface area contributed by atoms with Gasteiger partial charge in [0.05, 0.1) is 17.7 Å². The first-order chi connectivity index (χ1) is 7.74. The summed E-state index contributed by atoms with van der Waals surface area (Å²) in [5.74, 6) is 0.784. The van der Waals surface area contributed by atoms with E-state index in [9.17, 15) is 0 Å². The van der Waals surface area contributed by atoms with Gasteiger partial charge < -0.3 is 4.74 Å². The minimum atomic E-state index is -0.227. The molecular formula is C12H13BrN2O. The lowest BCUT2D eigenvalue weighted by Crippen LogP contribution is -2.21. The van der Waals surface area contributed by atoms with E-state index in [4.69, 9.17) is 10.00 Å². The zero-order chi connectivity index (χ0) is 11.5. The second kappa shape index (κ2) is 4.86. The molecule has 0 amide bonds. The molecule has 1 saturated carbocycles. The quantitative estimate of drug-likeness (QED) is 0.923. The highest BCUT2D eigenvalue weighted by molar-refractivity contribution is 9.10. The first-order valence-electron chi connectivity index (χ1n) is 5.23. The third-order valence-electron chi connectivity index (χ3n) is 2.62. The molecule has 0 aliphatic heterocycles. The van der Waals surface area contributed by atoms with Crippen molar-refractivity contribution < 1.29 is 4.74 Å². The Morgan fingerprint density at radius 2 is 2.31 bits per heavy atom. The van der Waals surface area contributed by atoms with Gasteiger partial charge in [0, 0.05) is 6.04 Å². The Kier molecular flexibility index (Phi) is 3.47. The molecule has 3 nitrogen and oxygen atoms in total. The number of nitrogens with one attached hydrogen (secondary N) is 1. The average molecular weight is 281 g/mol. The van der Waals surface area contributed by atoms with E-state index in [1.165, 1.54) is 12.8 Å². The van der Waals surface area contributed by atoms with Crippen LogP contribution >= 0.6 is 15.9 Å². The smallest absolute Gasteiger partial charge is 0.133 e. The summed E-state index contributed by atoms with van der Waals surface area (Å²) in [7, 11) is 1.63. The minimum Gasteiger partial charge on any atom is -0.496 e. The summed E-state index contributed by atoms with van der Waals surface area (Å²) in [6.45, 7) is 0. The molecule has 0 spiro atoms. The van der Waals surface area contributed by atoms with E-state index in [0.717, 1.165) is 15.8 Å². The molecule has 16 heavy (non-hydrogen) atoms. The summed E-state index contributed by atoms with van der Waals surface area (Å²) in [5, 5.41) is 12.4. The Balaban J connectivity index is 2.17. The van der Waals surface area contributed by atoms with Crippen molar-refractivity contribution in [3.05, 3.63) is 28.2 Å². The van der Waals surface area contributed by atoms with E-state index in [0.29, 0.717) is 6.04 Å². The van der Waals surface area contributed by atoms with Crippen LogP contribution in [0.1, 0.15) is 24.4 Å². The van der Waals surface area contributed by atoms with E-state index in [1.807, 2.05) is 18.2 Å². The second-order valence-corrected chi connectivity index (χ2v) is 4.75. The summed E-state index contributed by atoms with van der Waals surface area (Å²) in [6, 6.07) is 8.30. The maximum Gasteiger partial charge on any atom is 0.133 e. The van der Waals surface area contributed by atoms with Crippen molar-refractivity contribution in [1.29, 1.82) is 5.26 Å². The largest absolute Gasteiger partial charge is 0.496 e. The van der Waals surface area contributed by atoms with Gasteiger partial charge in [-0.05, 0) is 46.5 Å². The molecule has 84 valence electrons. The van der Waals surface area contributed by atoms with Crippen LogP contribution in [0.5, 0.6) is 5.75 Å². The first kappa shape index (κ1) is 11.4. The van der Waals surface area contributed by atoms with Crippen molar-refractivity contribution >= 4 is 15.9 Å². The molecule has 1 aromatic rings. The number of benzene rings is 1. The van der Waals surface area contributed by atoms with Gasteiger partial charge in [0.2, 0.25) is 0 Å². The summed E-state index contributed by atoms with van der Waals surface area (Å²) in [6.07, 6.45) is 2.35. The lowest BCUT2D eigenvalue weighted by Gasteiger charge is -2.12. The van der Waals surface area contributed by atoms with Crippen LogP contribution in [0.15, 0.2) is 22.7 Å². The first-order valence-corrected chi connectivity index (χ1v) is 6.03. The highest BCUT2D eigenvalue weighted by Gasteiger charge is 2.25. The maximum absolute atomic E-state index is 9.11. The molecule has 0 bridgehead atoms. The number of hydrogen-bond acceptors (Lipinski definition) is 3. The SMILES string of the molecule is COc1ccc(C(C#N)NC2CC2)cc1Br. The van der Waals surface area contributed by atoms with Crippen LogP contribution in [0, 0.1) is 11.3 Å². The molecule has 0 radical (unpaired) electrons. The van der Waals surface area contributed by atoms with E-state index >= 15 is 0 Å². The fourth-order valence-corrected chi connectivity index (χ4v) is 2.11. The second-order valence-electron chi connectivity index (χ2n) is 3.90. The normalized spacial score (nSPS) is 16.6. The van der Waals surface area contributed by atoms with Crippen molar-refractivity contribution in [2.45, 2.75) is 24.9 Å². The number of methoxy groups -OCH3 is 1. The maximum atomic E-state index is 9.11. The molecule has 1 atom stereocenters. The van der Waals surface area contributed by atoms with Gasteiger partial charge in [-0.1, -0.05) is 6.07 Å². The van der Waals surface area contributed by atoms with Crippen molar-refractivity contribution in [2.75, 3.05) is 7.11 Å². The molecule has 0 aromatic heterocycles. The van der Waals surface area contributed by atoms with Crippen molar-refractivity contribution in [1.82, 2.24) is 5.32 Å². The van der Waals surface area contributed by atoms with Crippen LogP contribution in [-0.4, -0.2) is 13.2 Å². The Labute approximate surface area is 104 Å². The van der Waals surface area contributed by atoms with Gasteiger partial charge in [-0.2, -0.15) is 5.26 Å². The van der Waals surface area contributed by atoms with Crippen molar-refractivity contribution in [3.8, 4) is 11.8 Å². The van der Waals surface area contributed by atoms with Crippen LogP contribution in [0.3, 0.4) is 0 Å². The molecule has 1 aromatic carbocycles. The fraction of sp³-hybridized carbons (Fsp3) is 0.417. The molecule has 1 fully saturated rings. The summed E-state index contributed by atoms with van der Waals surface area (Å²) in [4.78, 5) is 0. The predicted molar refractivity (Wildman–Crippen MR) is 65.2 cm³/mol. The Morgan fingerprint density at radius 1 is 1.56 bits per heavy atom.